The highest BCUT2D eigenvalue weighted by Crippen LogP contribution is 2.23. The van der Waals surface area contributed by atoms with Gasteiger partial charge in [-0.15, -0.1) is 0 Å². The zero-order valence-electron chi connectivity index (χ0n) is 8.21. The van der Waals surface area contributed by atoms with Gasteiger partial charge >= 0.3 is 0 Å². The first-order valence-electron chi connectivity index (χ1n) is 4.87. The van der Waals surface area contributed by atoms with Crippen LogP contribution in [0.4, 0.5) is 5.69 Å². The van der Waals surface area contributed by atoms with E-state index in [1.807, 2.05) is 17.0 Å². The van der Waals surface area contributed by atoms with Crippen LogP contribution in [0, 0.1) is 0 Å². The fraction of sp³-hybridized carbons (Fsp3) is 0.364. The minimum absolute atomic E-state index is 0.367. The summed E-state index contributed by atoms with van der Waals surface area (Å²) in [7, 11) is 0. The summed E-state index contributed by atoms with van der Waals surface area (Å²) in [5, 5.41) is 18.8. The van der Waals surface area contributed by atoms with Gasteiger partial charge in [0.05, 0.1) is 12.2 Å². The molecule has 4 heteroatoms. The van der Waals surface area contributed by atoms with Crippen LogP contribution in [0.5, 0.6) is 0 Å². The number of para-hydroxylation sites is 1. The third kappa shape index (κ3) is 1.86. The Morgan fingerprint density at radius 1 is 1.20 bits per heavy atom. The molecule has 4 nitrogen and oxygen atoms in total. The highest BCUT2D eigenvalue weighted by atomic mass is 16.3. The van der Waals surface area contributed by atoms with E-state index in [2.05, 4.69) is 0 Å². The van der Waals surface area contributed by atoms with Crippen molar-refractivity contribution in [1.29, 1.82) is 0 Å². The molecule has 0 spiro atoms. The fourth-order valence-corrected chi connectivity index (χ4v) is 1.84. The van der Waals surface area contributed by atoms with E-state index in [0.717, 1.165) is 12.0 Å². The standard InChI is InChI=1S/C11H13NO3/c13-7-8-3-1-2-4-9(8)12-5-10(14)11(15)6-12/h1-4,7,10-11,14-15H,5-6H2. The van der Waals surface area contributed by atoms with Crippen LogP contribution >= 0.6 is 0 Å². The molecule has 1 aromatic rings. The van der Waals surface area contributed by atoms with E-state index in [0.29, 0.717) is 18.7 Å². The van der Waals surface area contributed by atoms with Crippen molar-refractivity contribution in [3.05, 3.63) is 29.8 Å². The van der Waals surface area contributed by atoms with Gasteiger partial charge in [-0.3, -0.25) is 4.79 Å². The van der Waals surface area contributed by atoms with Crippen molar-refractivity contribution >= 4 is 12.0 Å². The number of carbonyl (C=O) groups excluding carboxylic acids is 1. The van der Waals surface area contributed by atoms with Gasteiger partial charge in [-0.2, -0.15) is 0 Å². The van der Waals surface area contributed by atoms with Crippen LogP contribution < -0.4 is 4.90 Å². The summed E-state index contributed by atoms with van der Waals surface area (Å²) < 4.78 is 0. The second kappa shape index (κ2) is 4.00. The van der Waals surface area contributed by atoms with E-state index in [1.165, 1.54) is 0 Å². The molecule has 1 heterocycles. The van der Waals surface area contributed by atoms with Crippen LogP contribution in [-0.2, 0) is 0 Å². The van der Waals surface area contributed by atoms with Gasteiger partial charge in [-0.1, -0.05) is 12.1 Å². The lowest BCUT2D eigenvalue weighted by Gasteiger charge is -2.19. The molecule has 1 aliphatic heterocycles. The molecule has 15 heavy (non-hydrogen) atoms. The number of aliphatic hydroxyl groups excluding tert-OH is 2. The van der Waals surface area contributed by atoms with Gasteiger partial charge in [0.1, 0.15) is 0 Å². The molecule has 1 aliphatic rings. The smallest absolute Gasteiger partial charge is 0.152 e. The molecule has 0 bridgehead atoms. The summed E-state index contributed by atoms with van der Waals surface area (Å²) in [6.45, 7) is 0.734. The number of aliphatic hydroxyl groups is 2. The van der Waals surface area contributed by atoms with Crippen LogP contribution in [0.25, 0.3) is 0 Å². The summed E-state index contributed by atoms with van der Waals surface area (Å²) in [5.41, 5.74) is 1.35. The van der Waals surface area contributed by atoms with Crippen LogP contribution in [0.3, 0.4) is 0 Å². The van der Waals surface area contributed by atoms with Crippen molar-refractivity contribution in [2.45, 2.75) is 12.2 Å². The lowest BCUT2D eigenvalue weighted by atomic mass is 10.2. The molecule has 0 saturated carbocycles. The second-order valence-corrected chi connectivity index (χ2v) is 3.72. The van der Waals surface area contributed by atoms with Crippen LogP contribution in [0.15, 0.2) is 24.3 Å². The fourth-order valence-electron chi connectivity index (χ4n) is 1.84. The Morgan fingerprint density at radius 2 is 1.80 bits per heavy atom. The van der Waals surface area contributed by atoms with Crippen molar-refractivity contribution in [2.75, 3.05) is 18.0 Å². The molecule has 1 saturated heterocycles. The van der Waals surface area contributed by atoms with Crippen molar-refractivity contribution in [2.24, 2.45) is 0 Å². The monoisotopic (exact) mass is 207 g/mol. The number of anilines is 1. The van der Waals surface area contributed by atoms with Crippen LogP contribution in [0.2, 0.25) is 0 Å². The lowest BCUT2D eigenvalue weighted by molar-refractivity contribution is 0.0572. The van der Waals surface area contributed by atoms with Crippen molar-refractivity contribution in [3.8, 4) is 0 Å². The maximum Gasteiger partial charge on any atom is 0.152 e. The van der Waals surface area contributed by atoms with E-state index in [1.54, 1.807) is 12.1 Å². The molecule has 0 aliphatic carbocycles. The average molecular weight is 207 g/mol. The first-order chi connectivity index (χ1) is 7.22. The molecule has 1 fully saturated rings. The predicted molar refractivity (Wildman–Crippen MR) is 56.1 cm³/mol. The Kier molecular flexibility index (Phi) is 2.70. The molecule has 1 aromatic carbocycles. The number of β-amino-alcohol motifs (C(OH)–C–C–N with tert-alkyl or cyclic N) is 2. The van der Waals surface area contributed by atoms with Crippen LogP contribution in [0.1, 0.15) is 10.4 Å². The largest absolute Gasteiger partial charge is 0.389 e. The van der Waals surface area contributed by atoms with Gasteiger partial charge in [-0.25, -0.2) is 0 Å². The number of carbonyl (C=O) groups is 1. The zero-order chi connectivity index (χ0) is 10.8. The molecule has 2 rings (SSSR count). The highest BCUT2D eigenvalue weighted by Gasteiger charge is 2.30. The molecule has 0 aromatic heterocycles. The first-order valence-corrected chi connectivity index (χ1v) is 4.87. The van der Waals surface area contributed by atoms with Crippen molar-refractivity contribution in [3.63, 3.8) is 0 Å². The minimum Gasteiger partial charge on any atom is -0.389 e. The van der Waals surface area contributed by atoms with Crippen molar-refractivity contribution in [1.82, 2.24) is 0 Å². The number of nitrogens with zero attached hydrogens (tertiary/aromatic N) is 1. The highest BCUT2D eigenvalue weighted by molar-refractivity contribution is 5.84. The van der Waals surface area contributed by atoms with E-state index in [-0.39, 0.29) is 0 Å². The van der Waals surface area contributed by atoms with Gasteiger partial charge in [0, 0.05) is 24.3 Å². The molecule has 80 valence electrons. The molecule has 0 radical (unpaired) electrons. The molecular formula is C11H13NO3. The number of rotatable bonds is 2. The number of aldehydes is 1. The van der Waals surface area contributed by atoms with Gasteiger partial charge in [0.2, 0.25) is 0 Å². The van der Waals surface area contributed by atoms with Gasteiger partial charge < -0.3 is 15.1 Å². The molecular weight excluding hydrogens is 194 g/mol. The van der Waals surface area contributed by atoms with Crippen LogP contribution in [-0.4, -0.2) is 41.8 Å². The van der Waals surface area contributed by atoms with Crippen molar-refractivity contribution < 1.29 is 15.0 Å². The number of benzene rings is 1. The van der Waals surface area contributed by atoms with E-state index in [9.17, 15) is 15.0 Å². The Balaban J connectivity index is 2.27. The quantitative estimate of drug-likeness (QED) is 0.672. The molecule has 2 N–H and O–H groups in total. The predicted octanol–water partition coefficient (Wildman–Crippen LogP) is 0.0409. The Hall–Kier alpha value is -1.39. The third-order valence-corrected chi connectivity index (χ3v) is 2.66. The normalized spacial score (nSPS) is 25.6. The minimum atomic E-state index is -0.732. The first kappa shape index (κ1) is 10.1. The Labute approximate surface area is 87.8 Å². The summed E-state index contributed by atoms with van der Waals surface area (Å²) in [4.78, 5) is 12.6. The lowest BCUT2D eigenvalue weighted by Crippen LogP contribution is -2.22. The maximum atomic E-state index is 10.8. The van der Waals surface area contributed by atoms with E-state index >= 15 is 0 Å². The van der Waals surface area contributed by atoms with Gasteiger partial charge in [-0.05, 0) is 12.1 Å². The third-order valence-electron chi connectivity index (χ3n) is 2.66. The van der Waals surface area contributed by atoms with Gasteiger partial charge in [0.15, 0.2) is 6.29 Å². The Morgan fingerprint density at radius 3 is 2.40 bits per heavy atom. The maximum absolute atomic E-state index is 10.8. The average Bonchev–Trinajstić information content (AvgIpc) is 2.59. The van der Waals surface area contributed by atoms with E-state index in [4.69, 9.17) is 0 Å². The molecule has 0 amide bonds. The Bertz CT molecular complexity index is 357. The zero-order valence-corrected chi connectivity index (χ0v) is 8.21. The summed E-state index contributed by atoms with van der Waals surface area (Å²) in [5.74, 6) is 0. The second-order valence-electron chi connectivity index (χ2n) is 3.72. The number of hydrogen-bond donors (Lipinski definition) is 2. The van der Waals surface area contributed by atoms with E-state index < -0.39 is 12.2 Å². The number of hydrogen-bond acceptors (Lipinski definition) is 4. The summed E-state index contributed by atoms with van der Waals surface area (Å²) in [6, 6.07) is 7.16. The molecule has 2 atom stereocenters. The van der Waals surface area contributed by atoms with Gasteiger partial charge in [0.25, 0.3) is 0 Å². The summed E-state index contributed by atoms with van der Waals surface area (Å²) >= 11 is 0. The summed E-state index contributed by atoms with van der Waals surface area (Å²) in [6.07, 6.45) is -0.679. The SMILES string of the molecule is O=Cc1ccccc1N1CC(O)C(O)C1. The topological polar surface area (TPSA) is 60.8 Å². The molecule has 2 unspecified atom stereocenters.